The number of hydrogen-bond acceptors (Lipinski definition) is 8. The second-order valence-electron chi connectivity index (χ2n) is 5.80. The SMILES string of the molecule is CCCSc1nc(N)c2c(n1)N([C@H]1CC[C@@H](OCCO)C1)[NH2+]N2. The predicted octanol–water partition coefficient (Wildman–Crippen LogP) is 0.116. The molecule has 2 atom stereocenters. The van der Waals surface area contributed by atoms with Crippen molar-refractivity contribution in [2.45, 2.75) is 49.9 Å². The number of aromatic nitrogens is 2. The van der Waals surface area contributed by atoms with Crippen molar-refractivity contribution in [2.75, 3.05) is 35.1 Å². The lowest BCUT2D eigenvalue weighted by Crippen LogP contribution is -2.97. The molecule has 0 spiro atoms. The van der Waals surface area contributed by atoms with E-state index in [2.05, 4.69) is 27.3 Å². The minimum Gasteiger partial charge on any atom is -0.394 e. The van der Waals surface area contributed by atoms with E-state index >= 15 is 0 Å². The number of fused-ring (bicyclic) bond motifs is 1. The highest BCUT2D eigenvalue weighted by molar-refractivity contribution is 7.99. The summed E-state index contributed by atoms with van der Waals surface area (Å²) >= 11 is 1.63. The number of aliphatic hydroxyl groups is 1. The molecule has 2 aliphatic rings. The zero-order valence-electron chi connectivity index (χ0n) is 13.4. The number of hydrogen-bond donors (Lipinski definition) is 4. The van der Waals surface area contributed by atoms with E-state index in [0.717, 1.165) is 48.1 Å². The van der Waals surface area contributed by atoms with Gasteiger partial charge in [0.25, 0.3) is 0 Å². The van der Waals surface area contributed by atoms with Gasteiger partial charge in [0.1, 0.15) is 0 Å². The van der Waals surface area contributed by atoms with Crippen LogP contribution in [0.1, 0.15) is 32.6 Å². The van der Waals surface area contributed by atoms with Gasteiger partial charge in [0.05, 0.1) is 25.4 Å². The predicted molar refractivity (Wildman–Crippen MR) is 90.0 cm³/mol. The number of nitrogen functional groups attached to an aromatic ring is 2. The molecule has 1 aliphatic heterocycles. The highest BCUT2D eigenvalue weighted by atomic mass is 32.2. The average molecular weight is 341 g/mol. The molecule has 0 amide bonds. The smallest absolute Gasteiger partial charge is 0.214 e. The van der Waals surface area contributed by atoms with Crippen molar-refractivity contribution < 1.29 is 15.4 Å². The van der Waals surface area contributed by atoms with E-state index < -0.39 is 0 Å². The van der Waals surface area contributed by atoms with Crippen molar-refractivity contribution in [3.63, 3.8) is 0 Å². The normalized spacial score (nSPS) is 23.1. The Balaban J connectivity index is 1.72. The van der Waals surface area contributed by atoms with E-state index in [9.17, 15) is 0 Å². The number of rotatable bonds is 7. The van der Waals surface area contributed by atoms with E-state index in [-0.39, 0.29) is 12.7 Å². The van der Waals surface area contributed by atoms with Crippen molar-refractivity contribution in [1.82, 2.24) is 9.97 Å². The van der Waals surface area contributed by atoms with Crippen LogP contribution in [0.3, 0.4) is 0 Å². The number of nitrogens with one attached hydrogen (secondary N) is 1. The molecule has 23 heavy (non-hydrogen) atoms. The molecule has 6 N–H and O–H groups in total. The Bertz CT molecular complexity index is 546. The van der Waals surface area contributed by atoms with Gasteiger partial charge in [-0.2, -0.15) is 9.99 Å². The van der Waals surface area contributed by atoms with Crippen LogP contribution in [0.15, 0.2) is 5.16 Å². The molecule has 3 rings (SSSR count). The number of nitrogens with zero attached hydrogens (tertiary/aromatic N) is 3. The Kier molecular flexibility index (Phi) is 5.42. The molecule has 0 saturated heterocycles. The Hall–Kier alpha value is -1.29. The van der Waals surface area contributed by atoms with Crippen molar-refractivity contribution in [3.8, 4) is 0 Å². The van der Waals surface area contributed by atoms with Crippen molar-refractivity contribution in [1.29, 1.82) is 0 Å². The molecule has 1 aromatic rings. The monoisotopic (exact) mass is 341 g/mol. The van der Waals surface area contributed by atoms with Gasteiger partial charge in [-0.15, -0.1) is 5.53 Å². The summed E-state index contributed by atoms with van der Waals surface area (Å²) in [6.07, 6.45) is 4.25. The number of nitrogens with two attached hydrogens (primary N) is 2. The third-order valence-electron chi connectivity index (χ3n) is 4.12. The van der Waals surface area contributed by atoms with E-state index in [1.165, 1.54) is 0 Å². The van der Waals surface area contributed by atoms with Gasteiger partial charge in [0.2, 0.25) is 5.82 Å². The summed E-state index contributed by atoms with van der Waals surface area (Å²) in [5.74, 6) is 2.35. The van der Waals surface area contributed by atoms with Crippen molar-refractivity contribution in [2.24, 2.45) is 0 Å². The van der Waals surface area contributed by atoms with Gasteiger partial charge in [0.15, 0.2) is 16.7 Å². The molecular formula is C14H25N6O2S+. The van der Waals surface area contributed by atoms with Gasteiger partial charge in [-0.1, -0.05) is 18.7 Å². The molecule has 9 heteroatoms. The Morgan fingerprint density at radius 2 is 2.35 bits per heavy atom. The average Bonchev–Trinajstić information content (AvgIpc) is 3.17. The fourth-order valence-corrected chi connectivity index (χ4v) is 3.74. The van der Waals surface area contributed by atoms with Crippen LogP contribution in [-0.4, -0.2) is 46.2 Å². The lowest BCUT2D eigenvalue weighted by Gasteiger charge is -2.20. The second-order valence-corrected chi connectivity index (χ2v) is 6.86. The number of thioether (sulfide) groups is 1. The first-order valence-electron chi connectivity index (χ1n) is 8.14. The fourth-order valence-electron chi connectivity index (χ4n) is 3.04. The van der Waals surface area contributed by atoms with Crippen LogP contribution in [0, 0.1) is 0 Å². The highest BCUT2D eigenvalue weighted by Gasteiger charge is 2.38. The molecule has 128 valence electrons. The standard InChI is InChI=1S/C14H24N6O2S/c1-2-7-23-14-16-12(15)11-13(17-14)20(19-18-11)9-3-4-10(8-9)22-6-5-21/h9-10,18-19,21H,2-8H2,1H3,(H2,15,16,17)/p+1/t9-,10+/m0/s1. The zero-order valence-corrected chi connectivity index (χ0v) is 14.2. The molecule has 8 nitrogen and oxygen atoms in total. The van der Waals surface area contributed by atoms with E-state index in [1.807, 2.05) is 5.53 Å². The maximum Gasteiger partial charge on any atom is 0.214 e. The van der Waals surface area contributed by atoms with Crippen LogP contribution in [-0.2, 0) is 4.74 Å². The van der Waals surface area contributed by atoms with Crippen LogP contribution in [0.2, 0.25) is 0 Å². The topological polar surface area (TPSA) is 113 Å². The van der Waals surface area contributed by atoms with Crippen LogP contribution in [0.4, 0.5) is 17.3 Å². The quantitative estimate of drug-likeness (QED) is 0.314. The van der Waals surface area contributed by atoms with E-state index in [0.29, 0.717) is 18.5 Å². The lowest BCUT2D eigenvalue weighted by atomic mass is 10.2. The highest BCUT2D eigenvalue weighted by Crippen LogP contribution is 2.35. The number of ether oxygens (including phenoxy) is 1. The first-order chi connectivity index (χ1) is 11.2. The van der Waals surface area contributed by atoms with Crippen molar-refractivity contribution >= 4 is 29.1 Å². The maximum absolute atomic E-state index is 8.88. The van der Waals surface area contributed by atoms with Crippen LogP contribution < -0.4 is 21.7 Å². The molecule has 1 aliphatic carbocycles. The zero-order chi connectivity index (χ0) is 16.2. The van der Waals surface area contributed by atoms with Crippen LogP contribution in [0.25, 0.3) is 0 Å². The first-order valence-corrected chi connectivity index (χ1v) is 9.12. The van der Waals surface area contributed by atoms with Gasteiger partial charge in [-0.25, -0.2) is 10.4 Å². The van der Waals surface area contributed by atoms with E-state index in [4.69, 9.17) is 15.6 Å². The summed E-state index contributed by atoms with van der Waals surface area (Å²) in [4.78, 5) is 9.05. The molecule has 0 radical (unpaired) electrons. The first kappa shape index (κ1) is 16.6. The van der Waals surface area contributed by atoms with Crippen LogP contribution >= 0.6 is 11.8 Å². The molecule has 2 heterocycles. The number of anilines is 3. The fraction of sp³-hybridized carbons (Fsp3) is 0.714. The van der Waals surface area contributed by atoms with Gasteiger partial charge in [0, 0.05) is 5.75 Å². The minimum atomic E-state index is 0.0726. The molecule has 0 bridgehead atoms. The summed E-state index contributed by atoms with van der Waals surface area (Å²) in [5, 5.41) is 11.8. The molecule has 0 unspecified atom stereocenters. The minimum absolute atomic E-state index is 0.0726. The van der Waals surface area contributed by atoms with Gasteiger partial charge >= 0.3 is 0 Å². The van der Waals surface area contributed by atoms with Crippen molar-refractivity contribution in [3.05, 3.63) is 0 Å². The lowest BCUT2D eigenvalue weighted by molar-refractivity contribution is -0.636. The third-order valence-corrected chi connectivity index (χ3v) is 5.17. The Morgan fingerprint density at radius 1 is 1.48 bits per heavy atom. The largest absolute Gasteiger partial charge is 0.394 e. The van der Waals surface area contributed by atoms with Gasteiger partial charge < -0.3 is 15.6 Å². The van der Waals surface area contributed by atoms with Gasteiger partial charge in [-0.3, -0.25) is 0 Å². The Labute approximate surface area is 140 Å². The van der Waals surface area contributed by atoms with Crippen LogP contribution in [0.5, 0.6) is 0 Å². The van der Waals surface area contributed by atoms with E-state index in [1.54, 1.807) is 11.8 Å². The summed E-state index contributed by atoms with van der Waals surface area (Å²) in [5.41, 5.74) is 12.0. The maximum atomic E-state index is 8.88. The number of aliphatic hydroxyl groups excluding tert-OH is 1. The summed E-state index contributed by atoms with van der Waals surface area (Å²) in [6.45, 7) is 2.61. The summed E-state index contributed by atoms with van der Waals surface area (Å²) in [6, 6.07) is 0.339. The number of quaternary nitrogens is 1. The van der Waals surface area contributed by atoms with Gasteiger partial charge in [-0.05, 0) is 25.7 Å². The third kappa shape index (κ3) is 3.63. The summed E-state index contributed by atoms with van der Waals surface area (Å²) in [7, 11) is 0. The molecular weight excluding hydrogens is 316 g/mol. The molecule has 1 aromatic heterocycles. The Morgan fingerprint density at radius 3 is 3.13 bits per heavy atom. The molecule has 1 fully saturated rings. The molecule has 1 saturated carbocycles. The summed E-state index contributed by atoms with van der Waals surface area (Å²) < 4.78 is 5.66. The second kappa shape index (κ2) is 7.52. The molecule has 0 aromatic carbocycles.